The summed E-state index contributed by atoms with van der Waals surface area (Å²) in [5.74, 6) is 0. The van der Waals surface area contributed by atoms with Crippen molar-refractivity contribution in [3.8, 4) is 0 Å². The third-order valence-electron chi connectivity index (χ3n) is 3.37. The molecule has 0 atom stereocenters. The van der Waals surface area contributed by atoms with Crippen LogP contribution < -0.4 is 0 Å². The lowest BCUT2D eigenvalue weighted by Gasteiger charge is -2.04. The Kier molecular flexibility index (Phi) is 3.03. The molecule has 96 valence electrons. The Morgan fingerprint density at radius 1 is 1.16 bits per heavy atom. The lowest BCUT2D eigenvalue weighted by Crippen LogP contribution is -2.03. The average molecular weight is 251 g/mol. The van der Waals surface area contributed by atoms with Crippen LogP contribution in [0, 0.1) is 6.92 Å². The second kappa shape index (κ2) is 4.84. The Morgan fingerprint density at radius 3 is 2.84 bits per heavy atom. The summed E-state index contributed by atoms with van der Waals surface area (Å²) < 4.78 is 2.01. The van der Waals surface area contributed by atoms with Crippen LogP contribution in [0.2, 0.25) is 0 Å². The fraction of sp³-hybridized carbons (Fsp3) is 0.250. The maximum Gasteiger partial charge on any atom is 0.0838 e. The summed E-state index contributed by atoms with van der Waals surface area (Å²) in [5, 5.41) is 5.67. The highest BCUT2D eigenvalue weighted by Crippen LogP contribution is 2.17. The lowest BCUT2D eigenvalue weighted by atomic mass is 10.1. The van der Waals surface area contributed by atoms with Crippen molar-refractivity contribution < 1.29 is 0 Å². The van der Waals surface area contributed by atoms with Crippen molar-refractivity contribution in [1.29, 1.82) is 0 Å². The van der Waals surface area contributed by atoms with Crippen molar-refractivity contribution in [3.63, 3.8) is 0 Å². The van der Waals surface area contributed by atoms with E-state index in [1.807, 2.05) is 36.0 Å². The lowest BCUT2D eigenvalue weighted by molar-refractivity contribution is 0.694. The minimum Gasteiger partial charge on any atom is -0.259 e. The molecule has 3 nitrogen and oxygen atoms in total. The minimum atomic E-state index is 0.719. The number of hydrogen-bond donors (Lipinski definition) is 0. The SMILES string of the molecule is CCc1ccc2c(cnn2Cc2cccc(C)n2)c1. The van der Waals surface area contributed by atoms with Gasteiger partial charge in [0, 0.05) is 11.1 Å². The number of aryl methyl sites for hydroxylation is 2. The predicted octanol–water partition coefficient (Wildman–Crippen LogP) is 3.35. The van der Waals surface area contributed by atoms with Crippen LogP contribution in [0.3, 0.4) is 0 Å². The number of aromatic nitrogens is 3. The van der Waals surface area contributed by atoms with Crippen molar-refractivity contribution in [2.45, 2.75) is 26.8 Å². The molecule has 19 heavy (non-hydrogen) atoms. The topological polar surface area (TPSA) is 30.7 Å². The van der Waals surface area contributed by atoms with Gasteiger partial charge in [-0.3, -0.25) is 9.67 Å². The summed E-state index contributed by atoms with van der Waals surface area (Å²) in [4.78, 5) is 4.53. The Labute approximate surface area is 112 Å². The number of hydrogen-bond acceptors (Lipinski definition) is 2. The van der Waals surface area contributed by atoms with E-state index in [9.17, 15) is 0 Å². The molecule has 0 saturated carbocycles. The van der Waals surface area contributed by atoms with Gasteiger partial charge in [0.05, 0.1) is 24.0 Å². The fourth-order valence-electron chi connectivity index (χ4n) is 2.32. The first kappa shape index (κ1) is 11.9. The highest BCUT2D eigenvalue weighted by molar-refractivity contribution is 5.79. The monoisotopic (exact) mass is 251 g/mol. The van der Waals surface area contributed by atoms with E-state index in [1.54, 1.807) is 0 Å². The van der Waals surface area contributed by atoms with Gasteiger partial charge in [-0.05, 0) is 43.2 Å². The van der Waals surface area contributed by atoms with Gasteiger partial charge in [0.1, 0.15) is 0 Å². The number of pyridine rings is 1. The second-order valence-corrected chi connectivity index (χ2v) is 4.82. The van der Waals surface area contributed by atoms with E-state index in [-0.39, 0.29) is 0 Å². The molecular formula is C16H17N3. The van der Waals surface area contributed by atoms with E-state index >= 15 is 0 Å². The molecule has 0 bridgehead atoms. The zero-order valence-corrected chi connectivity index (χ0v) is 11.3. The summed E-state index contributed by atoms with van der Waals surface area (Å²) in [6.07, 6.45) is 2.99. The Hall–Kier alpha value is -2.16. The van der Waals surface area contributed by atoms with Crippen molar-refractivity contribution in [2.24, 2.45) is 0 Å². The van der Waals surface area contributed by atoms with Crippen LogP contribution in [0.5, 0.6) is 0 Å². The van der Waals surface area contributed by atoms with Crippen LogP contribution in [0.1, 0.15) is 23.9 Å². The Bertz CT molecular complexity index is 713. The third-order valence-corrected chi connectivity index (χ3v) is 3.37. The fourth-order valence-corrected chi connectivity index (χ4v) is 2.32. The summed E-state index contributed by atoms with van der Waals surface area (Å²) in [5.41, 5.74) is 4.60. The normalized spacial score (nSPS) is 11.1. The molecule has 0 fully saturated rings. The number of rotatable bonds is 3. The van der Waals surface area contributed by atoms with E-state index in [1.165, 1.54) is 16.5 Å². The second-order valence-electron chi connectivity index (χ2n) is 4.82. The molecular weight excluding hydrogens is 234 g/mol. The van der Waals surface area contributed by atoms with Crippen LogP contribution in [0.25, 0.3) is 10.9 Å². The van der Waals surface area contributed by atoms with Gasteiger partial charge < -0.3 is 0 Å². The summed E-state index contributed by atoms with van der Waals surface area (Å²) in [6, 6.07) is 12.6. The van der Waals surface area contributed by atoms with Crippen LogP contribution >= 0.6 is 0 Å². The molecule has 0 aliphatic carbocycles. The van der Waals surface area contributed by atoms with Crippen molar-refractivity contribution in [2.75, 3.05) is 0 Å². The highest BCUT2D eigenvalue weighted by Gasteiger charge is 2.04. The molecule has 0 spiro atoms. The Balaban J connectivity index is 1.97. The van der Waals surface area contributed by atoms with E-state index in [4.69, 9.17) is 0 Å². The summed E-state index contributed by atoms with van der Waals surface area (Å²) in [6.45, 7) is 4.90. The molecule has 2 heterocycles. The van der Waals surface area contributed by atoms with Gasteiger partial charge in [0.2, 0.25) is 0 Å². The van der Waals surface area contributed by atoms with Crippen LogP contribution in [-0.2, 0) is 13.0 Å². The van der Waals surface area contributed by atoms with Gasteiger partial charge in [-0.25, -0.2) is 0 Å². The van der Waals surface area contributed by atoms with Crippen molar-refractivity contribution in [3.05, 3.63) is 59.5 Å². The van der Waals surface area contributed by atoms with Crippen molar-refractivity contribution in [1.82, 2.24) is 14.8 Å². The first-order chi connectivity index (χ1) is 9.26. The van der Waals surface area contributed by atoms with Gasteiger partial charge in [-0.1, -0.05) is 19.1 Å². The van der Waals surface area contributed by atoms with Crippen LogP contribution in [0.4, 0.5) is 0 Å². The maximum atomic E-state index is 4.53. The predicted molar refractivity (Wildman–Crippen MR) is 77.2 cm³/mol. The van der Waals surface area contributed by atoms with Gasteiger partial charge in [0.15, 0.2) is 0 Å². The van der Waals surface area contributed by atoms with Crippen LogP contribution in [0.15, 0.2) is 42.6 Å². The number of nitrogens with zero attached hydrogens (tertiary/aromatic N) is 3. The van der Waals surface area contributed by atoms with Gasteiger partial charge in [-0.2, -0.15) is 5.10 Å². The molecule has 0 amide bonds. The van der Waals surface area contributed by atoms with E-state index in [0.717, 1.165) is 24.4 Å². The molecule has 0 aliphatic heterocycles. The summed E-state index contributed by atoms with van der Waals surface area (Å²) >= 11 is 0. The van der Waals surface area contributed by atoms with Crippen LogP contribution in [-0.4, -0.2) is 14.8 Å². The molecule has 3 aromatic rings. The molecule has 3 rings (SSSR count). The maximum absolute atomic E-state index is 4.53. The largest absolute Gasteiger partial charge is 0.259 e. The van der Waals surface area contributed by atoms with E-state index < -0.39 is 0 Å². The molecule has 0 N–H and O–H groups in total. The first-order valence-corrected chi connectivity index (χ1v) is 6.63. The number of fused-ring (bicyclic) bond motifs is 1. The highest BCUT2D eigenvalue weighted by atomic mass is 15.3. The van der Waals surface area contributed by atoms with E-state index in [2.05, 4.69) is 35.2 Å². The standard InChI is InChI=1S/C16H17N3/c1-3-13-7-8-16-14(9-13)10-17-19(16)11-15-6-4-5-12(2)18-15/h4-10H,3,11H2,1-2H3. The molecule has 1 aromatic carbocycles. The minimum absolute atomic E-state index is 0.719. The smallest absolute Gasteiger partial charge is 0.0838 e. The van der Waals surface area contributed by atoms with E-state index in [0.29, 0.717) is 0 Å². The molecule has 0 radical (unpaired) electrons. The van der Waals surface area contributed by atoms with Crippen molar-refractivity contribution >= 4 is 10.9 Å². The quantitative estimate of drug-likeness (QED) is 0.714. The zero-order chi connectivity index (χ0) is 13.2. The molecule has 3 heteroatoms. The molecule has 0 unspecified atom stereocenters. The summed E-state index contributed by atoms with van der Waals surface area (Å²) in [7, 11) is 0. The van der Waals surface area contributed by atoms with Gasteiger partial charge in [-0.15, -0.1) is 0 Å². The first-order valence-electron chi connectivity index (χ1n) is 6.63. The van der Waals surface area contributed by atoms with Gasteiger partial charge >= 0.3 is 0 Å². The average Bonchev–Trinajstić information content (AvgIpc) is 2.81. The van der Waals surface area contributed by atoms with Gasteiger partial charge in [0.25, 0.3) is 0 Å². The third kappa shape index (κ3) is 2.36. The Morgan fingerprint density at radius 2 is 2.05 bits per heavy atom. The zero-order valence-electron chi connectivity index (χ0n) is 11.3. The molecule has 0 aliphatic rings. The number of benzene rings is 1. The molecule has 2 aromatic heterocycles. The molecule has 0 saturated heterocycles.